The third kappa shape index (κ3) is 0.655. The third-order valence-corrected chi connectivity index (χ3v) is 2.13. The Bertz CT molecular complexity index is 86.6. The minimum atomic E-state index is 0.582. The zero-order chi connectivity index (χ0) is 5.45. The van der Waals surface area contributed by atoms with Crippen molar-refractivity contribution in [3.63, 3.8) is 0 Å². The Labute approximate surface area is 50.0 Å². The molecular formula is C7H11O. The fourth-order valence-electron chi connectivity index (χ4n) is 1.34. The molecule has 1 atom stereocenters. The SMILES string of the molecule is [CH]1CC12CCCOC2. The number of ether oxygens (including phenoxy) is 1. The third-order valence-electron chi connectivity index (χ3n) is 2.13. The minimum Gasteiger partial charge on any atom is -0.381 e. The molecule has 1 aliphatic heterocycles. The van der Waals surface area contributed by atoms with Gasteiger partial charge >= 0.3 is 0 Å². The van der Waals surface area contributed by atoms with Gasteiger partial charge in [-0.25, -0.2) is 0 Å². The van der Waals surface area contributed by atoms with E-state index >= 15 is 0 Å². The van der Waals surface area contributed by atoms with Gasteiger partial charge in [-0.3, -0.25) is 0 Å². The number of hydrogen-bond acceptors (Lipinski definition) is 1. The molecule has 0 aromatic heterocycles. The van der Waals surface area contributed by atoms with Crippen LogP contribution < -0.4 is 0 Å². The van der Waals surface area contributed by atoms with Gasteiger partial charge in [0.1, 0.15) is 0 Å². The van der Waals surface area contributed by atoms with Crippen molar-refractivity contribution in [1.29, 1.82) is 0 Å². The Morgan fingerprint density at radius 1 is 1.50 bits per heavy atom. The Kier molecular flexibility index (Phi) is 0.884. The highest BCUT2D eigenvalue weighted by atomic mass is 16.5. The largest absolute Gasteiger partial charge is 0.381 e. The molecule has 1 heteroatoms. The lowest BCUT2D eigenvalue weighted by atomic mass is 10.00. The molecule has 1 aliphatic carbocycles. The van der Waals surface area contributed by atoms with Crippen molar-refractivity contribution in [3.8, 4) is 0 Å². The van der Waals surface area contributed by atoms with E-state index in [9.17, 15) is 0 Å². The number of hydrogen-bond donors (Lipinski definition) is 0. The summed E-state index contributed by atoms with van der Waals surface area (Å²) in [5.41, 5.74) is 0.582. The van der Waals surface area contributed by atoms with Gasteiger partial charge in [-0.1, -0.05) is 0 Å². The molecule has 0 N–H and O–H groups in total. The molecule has 1 heterocycles. The van der Waals surface area contributed by atoms with Crippen molar-refractivity contribution in [1.82, 2.24) is 0 Å². The fourth-order valence-corrected chi connectivity index (χ4v) is 1.34. The molecule has 1 radical (unpaired) electrons. The van der Waals surface area contributed by atoms with E-state index in [0.29, 0.717) is 5.41 Å². The Balaban J connectivity index is 1.95. The molecule has 1 spiro atoms. The predicted molar refractivity (Wildman–Crippen MR) is 31.4 cm³/mol. The summed E-state index contributed by atoms with van der Waals surface area (Å²) in [4.78, 5) is 0. The summed E-state index contributed by atoms with van der Waals surface area (Å²) in [6.07, 6.45) is 6.35. The highest BCUT2D eigenvalue weighted by Gasteiger charge is 2.43. The second-order valence-electron chi connectivity index (χ2n) is 2.93. The zero-order valence-electron chi connectivity index (χ0n) is 5.02. The quantitative estimate of drug-likeness (QED) is 0.459. The first kappa shape index (κ1) is 4.80. The lowest BCUT2D eigenvalue weighted by molar-refractivity contribution is 0.0488. The molecule has 1 nitrogen and oxygen atoms in total. The van der Waals surface area contributed by atoms with Crippen LogP contribution >= 0.6 is 0 Å². The molecule has 0 aromatic carbocycles. The molecule has 0 amide bonds. The molecule has 2 rings (SSSR count). The van der Waals surface area contributed by atoms with Crippen LogP contribution in [-0.4, -0.2) is 13.2 Å². The first-order chi connectivity index (χ1) is 3.91. The molecule has 45 valence electrons. The van der Waals surface area contributed by atoms with E-state index in [0.717, 1.165) is 13.2 Å². The van der Waals surface area contributed by atoms with Crippen LogP contribution in [0.25, 0.3) is 0 Å². The lowest BCUT2D eigenvalue weighted by Gasteiger charge is -2.20. The topological polar surface area (TPSA) is 9.23 Å². The van der Waals surface area contributed by atoms with Gasteiger partial charge in [0.2, 0.25) is 0 Å². The van der Waals surface area contributed by atoms with Crippen molar-refractivity contribution in [2.45, 2.75) is 19.3 Å². The molecule has 1 saturated carbocycles. The smallest absolute Gasteiger partial charge is 0.0525 e. The van der Waals surface area contributed by atoms with Crippen LogP contribution in [0.5, 0.6) is 0 Å². The average Bonchev–Trinajstić information content (AvgIpc) is 2.52. The van der Waals surface area contributed by atoms with Crippen LogP contribution in [0.3, 0.4) is 0 Å². The van der Waals surface area contributed by atoms with Crippen LogP contribution in [0, 0.1) is 11.8 Å². The van der Waals surface area contributed by atoms with Crippen molar-refractivity contribution >= 4 is 0 Å². The van der Waals surface area contributed by atoms with E-state index in [1.54, 1.807) is 0 Å². The van der Waals surface area contributed by atoms with Gasteiger partial charge in [0.05, 0.1) is 6.61 Å². The minimum absolute atomic E-state index is 0.582. The zero-order valence-corrected chi connectivity index (χ0v) is 5.02. The summed E-state index contributed by atoms with van der Waals surface area (Å²) in [5.74, 6) is 0. The summed E-state index contributed by atoms with van der Waals surface area (Å²) < 4.78 is 5.32. The summed E-state index contributed by atoms with van der Waals surface area (Å²) in [6.45, 7) is 2.00. The van der Waals surface area contributed by atoms with Gasteiger partial charge < -0.3 is 4.74 Å². The molecule has 0 aromatic rings. The van der Waals surface area contributed by atoms with Crippen molar-refractivity contribution in [2.24, 2.45) is 5.41 Å². The Hall–Kier alpha value is -0.0400. The van der Waals surface area contributed by atoms with Gasteiger partial charge in [0.15, 0.2) is 0 Å². The Morgan fingerprint density at radius 3 is 2.75 bits per heavy atom. The van der Waals surface area contributed by atoms with Crippen LogP contribution in [0.2, 0.25) is 0 Å². The van der Waals surface area contributed by atoms with E-state index in [2.05, 4.69) is 6.42 Å². The van der Waals surface area contributed by atoms with Gasteiger partial charge in [0, 0.05) is 6.61 Å². The van der Waals surface area contributed by atoms with Crippen LogP contribution in [0.1, 0.15) is 19.3 Å². The van der Waals surface area contributed by atoms with Crippen molar-refractivity contribution in [2.75, 3.05) is 13.2 Å². The standard InChI is InChI=1S/C7H11O/c1-2-7(3-4-7)6-8-5-1/h3H,1-2,4-6H2. The van der Waals surface area contributed by atoms with E-state index in [4.69, 9.17) is 4.74 Å². The Morgan fingerprint density at radius 2 is 2.38 bits per heavy atom. The first-order valence-corrected chi connectivity index (χ1v) is 3.33. The van der Waals surface area contributed by atoms with Gasteiger partial charge in [0.25, 0.3) is 0 Å². The highest BCUT2D eigenvalue weighted by molar-refractivity contribution is 5.10. The van der Waals surface area contributed by atoms with Gasteiger partial charge in [-0.15, -0.1) is 0 Å². The molecule has 8 heavy (non-hydrogen) atoms. The van der Waals surface area contributed by atoms with Crippen LogP contribution in [0.4, 0.5) is 0 Å². The highest BCUT2D eigenvalue weighted by Crippen LogP contribution is 2.50. The van der Waals surface area contributed by atoms with Crippen LogP contribution in [0.15, 0.2) is 0 Å². The lowest BCUT2D eigenvalue weighted by Crippen LogP contribution is -2.17. The molecular weight excluding hydrogens is 100 g/mol. The molecule has 2 aliphatic rings. The van der Waals surface area contributed by atoms with Gasteiger partial charge in [-0.2, -0.15) is 0 Å². The molecule has 0 bridgehead atoms. The number of rotatable bonds is 0. The maximum atomic E-state index is 5.32. The molecule has 2 fully saturated rings. The van der Waals surface area contributed by atoms with Gasteiger partial charge in [-0.05, 0) is 31.1 Å². The monoisotopic (exact) mass is 111 g/mol. The summed E-state index contributed by atoms with van der Waals surface area (Å²) in [5, 5.41) is 0. The van der Waals surface area contributed by atoms with E-state index in [1.165, 1.54) is 19.3 Å². The van der Waals surface area contributed by atoms with Crippen LogP contribution in [-0.2, 0) is 4.74 Å². The predicted octanol–water partition coefficient (Wildman–Crippen LogP) is 1.39. The first-order valence-electron chi connectivity index (χ1n) is 3.33. The van der Waals surface area contributed by atoms with Crippen molar-refractivity contribution in [3.05, 3.63) is 6.42 Å². The van der Waals surface area contributed by atoms with E-state index in [1.807, 2.05) is 0 Å². The molecule has 1 saturated heterocycles. The second kappa shape index (κ2) is 1.47. The van der Waals surface area contributed by atoms with Crippen molar-refractivity contribution < 1.29 is 4.74 Å². The maximum Gasteiger partial charge on any atom is 0.0525 e. The summed E-state index contributed by atoms with van der Waals surface area (Å²) >= 11 is 0. The normalized spacial score (nSPS) is 33.0. The second-order valence-corrected chi connectivity index (χ2v) is 2.93. The average molecular weight is 111 g/mol. The maximum absolute atomic E-state index is 5.32. The fraction of sp³-hybridized carbons (Fsp3) is 0.857. The molecule has 1 unspecified atom stereocenters. The summed E-state index contributed by atoms with van der Waals surface area (Å²) in [7, 11) is 0. The van der Waals surface area contributed by atoms with E-state index < -0.39 is 0 Å². The summed E-state index contributed by atoms with van der Waals surface area (Å²) in [6, 6.07) is 0. The van der Waals surface area contributed by atoms with E-state index in [-0.39, 0.29) is 0 Å².